The zero-order valence-corrected chi connectivity index (χ0v) is 11.8. The van der Waals surface area contributed by atoms with E-state index in [9.17, 15) is 0 Å². The average molecular weight is 337 g/mol. The van der Waals surface area contributed by atoms with Gasteiger partial charge in [0.1, 0.15) is 5.82 Å². The molecule has 0 aliphatic carbocycles. The van der Waals surface area contributed by atoms with Gasteiger partial charge < -0.3 is 11.1 Å². The maximum Gasteiger partial charge on any atom is 0.140 e. The lowest BCUT2D eigenvalue weighted by atomic mass is 10.2. The van der Waals surface area contributed by atoms with Gasteiger partial charge in [0.25, 0.3) is 0 Å². The second kappa shape index (κ2) is 6.45. The Morgan fingerprint density at radius 3 is 2.87 bits per heavy atom. The van der Waals surface area contributed by atoms with E-state index in [-0.39, 0.29) is 6.04 Å². The van der Waals surface area contributed by atoms with Gasteiger partial charge in [-0.3, -0.25) is 0 Å². The van der Waals surface area contributed by atoms with Gasteiger partial charge in [-0.05, 0) is 44.3 Å². The fourth-order valence-corrected chi connectivity index (χ4v) is 2.37. The van der Waals surface area contributed by atoms with E-state index in [1.54, 1.807) is 6.20 Å². The number of hydrogen-bond donors (Lipinski definition) is 2. The van der Waals surface area contributed by atoms with Crippen LogP contribution in [0.4, 0.5) is 5.82 Å². The molecule has 1 heterocycles. The quantitative estimate of drug-likeness (QED) is 0.868. The van der Waals surface area contributed by atoms with Crippen LogP contribution in [0.1, 0.15) is 19.8 Å². The highest BCUT2D eigenvalue weighted by molar-refractivity contribution is 9.11. The Bertz CT molecular complexity index is 318. The highest BCUT2D eigenvalue weighted by Gasteiger charge is 2.04. The second-order valence-electron chi connectivity index (χ2n) is 3.41. The molecule has 15 heavy (non-hydrogen) atoms. The lowest BCUT2D eigenvalue weighted by Gasteiger charge is -2.12. The lowest BCUT2D eigenvalue weighted by Crippen LogP contribution is -2.29. The van der Waals surface area contributed by atoms with Crippen molar-refractivity contribution < 1.29 is 0 Å². The summed E-state index contributed by atoms with van der Waals surface area (Å²) in [6.07, 6.45) is 3.90. The molecular formula is C10H15Br2N3. The van der Waals surface area contributed by atoms with Crippen molar-refractivity contribution in [3.63, 3.8) is 0 Å². The summed E-state index contributed by atoms with van der Waals surface area (Å²) in [5, 5.41) is 3.22. The topological polar surface area (TPSA) is 50.9 Å². The predicted molar refractivity (Wildman–Crippen MR) is 71.0 cm³/mol. The molecule has 0 aliphatic heterocycles. The molecule has 0 radical (unpaired) electrons. The van der Waals surface area contributed by atoms with E-state index in [1.807, 2.05) is 6.07 Å². The van der Waals surface area contributed by atoms with Crippen LogP contribution in [0.2, 0.25) is 0 Å². The minimum absolute atomic E-state index is 0.187. The van der Waals surface area contributed by atoms with Crippen molar-refractivity contribution in [2.45, 2.75) is 25.8 Å². The van der Waals surface area contributed by atoms with Crippen molar-refractivity contribution in [3.05, 3.63) is 21.2 Å². The summed E-state index contributed by atoms with van der Waals surface area (Å²) in [4.78, 5) is 4.25. The number of nitrogens with one attached hydrogen (secondary N) is 1. The van der Waals surface area contributed by atoms with Crippen LogP contribution >= 0.6 is 31.9 Å². The molecule has 1 rings (SSSR count). The molecule has 84 valence electrons. The van der Waals surface area contributed by atoms with E-state index in [0.29, 0.717) is 0 Å². The summed E-state index contributed by atoms with van der Waals surface area (Å²) in [6, 6.07) is 2.15. The fraction of sp³-hybridized carbons (Fsp3) is 0.500. The van der Waals surface area contributed by atoms with Crippen LogP contribution in [0.25, 0.3) is 0 Å². The van der Waals surface area contributed by atoms with Gasteiger partial charge in [-0.25, -0.2) is 4.98 Å². The monoisotopic (exact) mass is 335 g/mol. The van der Waals surface area contributed by atoms with Gasteiger partial charge in [0, 0.05) is 23.3 Å². The van der Waals surface area contributed by atoms with Gasteiger partial charge in [-0.1, -0.05) is 13.3 Å². The van der Waals surface area contributed by atoms with Crippen LogP contribution in [0.5, 0.6) is 0 Å². The van der Waals surface area contributed by atoms with Crippen LogP contribution in [-0.2, 0) is 0 Å². The molecule has 0 saturated carbocycles. The van der Waals surface area contributed by atoms with Gasteiger partial charge in [0.05, 0.1) is 4.47 Å². The van der Waals surface area contributed by atoms with Crippen molar-refractivity contribution in [2.75, 3.05) is 11.9 Å². The molecule has 1 atom stereocenters. The zero-order chi connectivity index (χ0) is 11.3. The number of hydrogen-bond acceptors (Lipinski definition) is 3. The number of aromatic nitrogens is 1. The summed E-state index contributed by atoms with van der Waals surface area (Å²) in [6.45, 7) is 2.88. The normalized spacial score (nSPS) is 12.5. The molecule has 5 heteroatoms. The maximum atomic E-state index is 5.90. The zero-order valence-electron chi connectivity index (χ0n) is 8.63. The molecule has 0 bridgehead atoms. The molecule has 1 unspecified atom stereocenters. The van der Waals surface area contributed by atoms with Gasteiger partial charge in [-0.15, -0.1) is 0 Å². The van der Waals surface area contributed by atoms with Crippen LogP contribution in [0, 0.1) is 0 Å². The number of anilines is 1. The van der Waals surface area contributed by atoms with Crippen LogP contribution in [-0.4, -0.2) is 17.6 Å². The molecule has 1 aromatic heterocycles. The molecule has 0 spiro atoms. The molecule has 0 aliphatic rings. The molecular weight excluding hydrogens is 322 g/mol. The van der Waals surface area contributed by atoms with E-state index in [0.717, 1.165) is 34.1 Å². The van der Waals surface area contributed by atoms with E-state index in [4.69, 9.17) is 5.73 Å². The van der Waals surface area contributed by atoms with E-state index in [1.165, 1.54) is 0 Å². The Hall–Kier alpha value is -0.130. The van der Waals surface area contributed by atoms with Crippen molar-refractivity contribution in [2.24, 2.45) is 5.73 Å². The first-order chi connectivity index (χ1) is 7.13. The summed E-state index contributed by atoms with van der Waals surface area (Å²) in [5.41, 5.74) is 5.90. The first kappa shape index (κ1) is 12.9. The molecule has 0 aromatic carbocycles. The van der Waals surface area contributed by atoms with Gasteiger partial charge >= 0.3 is 0 Å². The van der Waals surface area contributed by atoms with Crippen LogP contribution in [0.3, 0.4) is 0 Å². The van der Waals surface area contributed by atoms with Crippen molar-refractivity contribution >= 4 is 37.7 Å². The Balaban J connectivity index is 2.50. The van der Waals surface area contributed by atoms with Crippen molar-refractivity contribution in [1.82, 2.24) is 4.98 Å². The molecule has 0 fully saturated rings. The number of halogens is 2. The first-order valence-electron chi connectivity index (χ1n) is 4.94. The maximum absolute atomic E-state index is 5.90. The van der Waals surface area contributed by atoms with Crippen LogP contribution in [0.15, 0.2) is 21.2 Å². The standard InChI is InChI=1S/C10H15Br2N3/c1-2-3-8(13)6-15-10-9(12)4-7(11)5-14-10/h4-5,8H,2-3,6,13H2,1H3,(H,14,15). The number of rotatable bonds is 5. The molecule has 1 aromatic rings. The third kappa shape index (κ3) is 4.49. The highest BCUT2D eigenvalue weighted by Crippen LogP contribution is 2.23. The summed E-state index contributed by atoms with van der Waals surface area (Å²) >= 11 is 6.80. The minimum Gasteiger partial charge on any atom is -0.368 e. The minimum atomic E-state index is 0.187. The predicted octanol–water partition coefficient (Wildman–Crippen LogP) is 3.15. The molecule has 3 nitrogen and oxygen atoms in total. The summed E-state index contributed by atoms with van der Waals surface area (Å²) < 4.78 is 1.90. The van der Waals surface area contributed by atoms with Crippen LogP contribution < -0.4 is 11.1 Å². The largest absolute Gasteiger partial charge is 0.368 e. The number of nitrogens with zero attached hydrogens (tertiary/aromatic N) is 1. The van der Waals surface area contributed by atoms with E-state index < -0.39 is 0 Å². The van der Waals surface area contributed by atoms with Crippen molar-refractivity contribution in [1.29, 1.82) is 0 Å². The Morgan fingerprint density at radius 1 is 1.53 bits per heavy atom. The van der Waals surface area contributed by atoms with E-state index in [2.05, 4.69) is 49.1 Å². The van der Waals surface area contributed by atoms with Crippen molar-refractivity contribution in [3.8, 4) is 0 Å². The molecule has 3 N–H and O–H groups in total. The highest BCUT2D eigenvalue weighted by atomic mass is 79.9. The third-order valence-corrected chi connectivity index (χ3v) is 3.04. The smallest absolute Gasteiger partial charge is 0.140 e. The second-order valence-corrected chi connectivity index (χ2v) is 5.18. The summed E-state index contributed by atoms with van der Waals surface area (Å²) in [7, 11) is 0. The number of nitrogens with two attached hydrogens (primary N) is 1. The van der Waals surface area contributed by atoms with Gasteiger partial charge in [-0.2, -0.15) is 0 Å². The molecule has 0 saturated heterocycles. The Morgan fingerprint density at radius 2 is 2.27 bits per heavy atom. The Labute approximate surface area is 107 Å². The average Bonchev–Trinajstić information content (AvgIpc) is 2.17. The fourth-order valence-electron chi connectivity index (χ4n) is 1.25. The summed E-state index contributed by atoms with van der Waals surface area (Å²) in [5.74, 6) is 0.838. The van der Waals surface area contributed by atoms with Gasteiger partial charge in [0.15, 0.2) is 0 Å². The SMILES string of the molecule is CCCC(N)CNc1ncc(Br)cc1Br. The Kier molecular flexibility index (Phi) is 5.56. The number of pyridine rings is 1. The first-order valence-corrected chi connectivity index (χ1v) is 6.52. The van der Waals surface area contributed by atoms with Gasteiger partial charge in [0.2, 0.25) is 0 Å². The molecule has 0 amide bonds. The van der Waals surface area contributed by atoms with E-state index >= 15 is 0 Å². The lowest BCUT2D eigenvalue weighted by molar-refractivity contribution is 0.626. The third-order valence-electron chi connectivity index (χ3n) is 2.00.